The summed E-state index contributed by atoms with van der Waals surface area (Å²) in [7, 11) is 0. The first-order valence-corrected chi connectivity index (χ1v) is 6.38. The van der Waals surface area contributed by atoms with E-state index in [1.54, 1.807) is 6.92 Å². The minimum Gasteiger partial charge on any atom is -0.480 e. The van der Waals surface area contributed by atoms with Crippen molar-refractivity contribution in [2.45, 2.75) is 25.8 Å². The molecule has 0 aromatic heterocycles. The number of carbonyl (C=O) groups excluding carboxylic acids is 1. The van der Waals surface area contributed by atoms with Gasteiger partial charge in [-0.05, 0) is 40.6 Å². The molecule has 0 radical (unpaired) electrons. The molecule has 1 aromatic carbocycles. The maximum absolute atomic E-state index is 11.7. The molecule has 5 heteroatoms. The van der Waals surface area contributed by atoms with Crippen LogP contribution in [0.4, 0.5) is 0 Å². The van der Waals surface area contributed by atoms with Crippen LogP contribution in [-0.2, 0) is 16.0 Å². The van der Waals surface area contributed by atoms with Gasteiger partial charge in [0, 0.05) is 3.57 Å². The van der Waals surface area contributed by atoms with E-state index in [1.807, 2.05) is 24.3 Å². The number of hydrogen-bond acceptors (Lipinski definition) is 2. The van der Waals surface area contributed by atoms with Crippen molar-refractivity contribution in [1.82, 2.24) is 5.32 Å². The monoisotopic (exact) mass is 347 g/mol. The topological polar surface area (TPSA) is 66.4 Å². The zero-order valence-corrected chi connectivity index (χ0v) is 11.6. The Hall–Kier alpha value is -1.11. The number of amides is 1. The predicted molar refractivity (Wildman–Crippen MR) is 72.7 cm³/mol. The van der Waals surface area contributed by atoms with Gasteiger partial charge in [-0.1, -0.05) is 25.1 Å². The lowest BCUT2D eigenvalue weighted by Gasteiger charge is -2.12. The third-order valence-electron chi connectivity index (χ3n) is 2.35. The van der Waals surface area contributed by atoms with E-state index in [0.717, 1.165) is 9.13 Å². The second kappa shape index (κ2) is 6.58. The molecule has 0 aliphatic rings. The summed E-state index contributed by atoms with van der Waals surface area (Å²) in [5.41, 5.74) is 0.908. The van der Waals surface area contributed by atoms with Crippen LogP contribution in [0.25, 0.3) is 0 Å². The fourth-order valence-corrected chi connectivity index (χ4v) is 1.98. The van der Waals surface area contributed by atoms with Crippen molar-refractivity contribution in [3.63, 3.8) is 0 Å². The zero-order chi connectivity index (χ0) is 12.8. The smallest absolute Gasteiger partial charge is 0.326 e. The highest BCUT2D eigenvalue weighted by atomic mass is 127. The number of carboxylic acid groups (broad SMARTS) is 1. The predicted octanol–water partition coefficient (Wildman–Crippen LogP) is 1.81. The molecule has 0 spiro atoms. The molecule has 1 rings (SSSR count). The molecule has 1 amide bonds. The summed E-state index contributed by atoms with van der Waals surface area (Å²) in [6, 6.07) is 6.74. The van der Waals surface area contributed by atoms with Crippen LogP contribution in [0.3, 0.4) is 0 Å². The first kappa shape index (κ1) is 14.0. The van der Waals surface area contributed by atoms with Crippen LogP contribution in [0.5, 0.6) is 0 Å². The Kier molecular flexibility index (Phi) is 5.40. The fraction of sp³-hybridized carbons (Fsp3) is 0.333. The van der Waals surface area contributed by atoms with Gasteiger partial charge in [0.1, 0.15) is 6.04 Å². The van der Waals surface area contributed by atoms with E-state index >= 15 is 0 Å². The van der Waals surface area contributed by atoms with Crippen molar-refractivity contribution < 1.29 is 14.7 Å². The van der Waals surface area contributed by atoms with Gasteiger partial charge in [0.2, 0.25) is 5.91 Å². The van der Waals surface area contributed by atoms with E-state index in [1.165, 1.54) is 0 Å². The lowest BCUT2D eigenvalue weighted by Crippen LogP contribution is -2.41. The summed E-state index contributed by atoms with van der Waals surface area (Å²) >= 11 is 2.15. The van der Waals surface area contributed by atoms with Crippen molar-refractivity contribution in [3.8, 4) is 0 Å². The lowest BCUT2D eigenvalue weighted by molar-refractivity contribution is -0.141. The Labute approximate surface area is 114 Å². The number of carboxylic acids is 1. The maximum atomic E-state index is 11.7. The molecule has 17 heavy (non-hydrogen) atoms. The quantitative estimate of drug-likeness (QED) is 0.799. The highest BCUT2D eigenvalue weighted by Gasteiger charge is 2.17. The number of aliphatic carboxylic acids is 1. The van der Waals surface area contributed by atoms with E-state index in [9.17, 15) is 9.59 Å². The molecule has 92 valence electrons. The van der Waals surface area contributed by atoms with Crippen molar-refractivity contribution in [3.05, 3.63) is 33.4 Å². The van der Waals surface area contributed by atoms with Crippen molar-refractivity contribution in [2.75, 3.05) is 0 Å². The number of nitrogens with one attached hydrogen (secondary N) is 1. The van der Waals surface area contributed by atoms with Gasteiger partial charge in [0.25, 0.3) is 0 Å². The van der Waals surface area contributed by atoms with Crippen LogP contribution in [-0.4, -0.2) is 23.0 Å². The number of rotatable bonds is 5. The molecule has 0 fully saturated rings. The van der Waals surface area contributed by atoms with Gasteiger partial charge in [-0.2, -0.15) is 0 Å². The molecule has 1 atom stereocenters. The average Bonchev–Trinajstić information content (AvgIpc) is 2.28. The summed E-state index contributed by atoms with van der Waals surface area (Å²) in [6.07, 6.45) is 0.593. The summed E-state index contributed by atoms with van der Waals surface area (Å²) in [5, 5.41) is 11.3. The lowest BCUT2D eigenvalue weighted by atomic mass is 10.1. The third-order valence-corrected chi connectivity index (χ3v) is 3.40. The first-order valence-electron chi connectivity index (χ1n) is 5.30. The van der Waals surface area contributed by atoms with Crippen LogP contribution in [0.15, 0.2) is 24.3 Å². The van der Waals surface area contributed by atoms with Gasteiger partial charge in [-0.3, -0.25) is 4.79 Å². The highest BCUT2D eigenvalue weighted by Crippen LogP contribution is 2.11. The summed E-state index contributed by atoms with van der Waals surface area (Å²) in [5.74, 6) is -1.26. The van der Waals surface area contributed by atoms with Gasteiger partial charge in [0.05, 0.1) is 6.42 Å². The van der Waals surface area contributed by atoms with Crippen molar-refractivity contribution in [1.29, 1.82) is 0 Å². The Balaban J connectivity index is 2.61. The highest BCUT2D eigenvalue weighted by molar-refractivity contribution is 14.1. The van der Waals surface area contributed by atoms with Crippen LogP contribution < -0.4 is 5.32 Å². The van der Waals surface area contributed by atoms with Gasteiger partial charge in [-0.15, -0.1) is 0 Å². The standard InChI is InChI=1S/C12H14INO3/c1-2-10(12(16)17)14-11(15)7-8-5-3-4-6-9(8)13/h3-6,10H,2,7H2,1H3,(H,14,15)(H,16,17). The Bertz CT molecular complexity index is 420. The van der Waals surface area contributed by atoms with Crippen LogP contribution in [0.2, 0.25) is 0 Å². The van der Waals surface area contributed by atoms with E-state index in [2.05, 4.69) is 27.9 Å². The normalized spacial score (nSPS) is 11.9. The number of carbonyl (C=O) groups is 2. The Morgan fingerprint density at radius 3 is 2.59 bits per heavy atom. The largest absolute Gasteiger partial charge is 0.480 e. The molecule has 4 nitrogen and oxygen atoms in total. The molecule has 1 unspecified atom stereocenters. The van der Waals surface area contributed by atoms with Crippen molar-refractivity contribution >= 4 is 34.5 Å². The molecule has 0 bridgehead atoms. The molecular weight excluding hydrogens is 333 g/mol. The molecule has 0 saturated heterocycles. The second-order valence-electron chi connectivity index (χ2n) is 3.63. The van der Waals surface area contributed by atoms with Crippen LogP contribution in [0.1, 0.15) is 18.9 Å². The molecule has 0 saturated carbocycles. The maximum Gasteiger partial charge on any atom is 0.326 e. The number of halogens is 1. The van der Waals surface area contributed by atoms with Crippen LogP contribution >= 0.6 is 22.6 Å². The SMILES string of the molecule is CCC(NC(=O)Cc1ccccc1I)C(=O)O. The molecule has 2 N–H and O–H groups in total. The van der Waals surface area contributed by atoms with Gasteiger partial charge in [-0.25, -0.2) is 4.79 Å². The van der Waals surface area contributed by atoms with Crippen LogP contribution in [0, 0.1) is 3.57 Å². The third kappa shape index (κ3) is 4.33. The second-order valence-corrected chi connectivity index (χ2v) is 4.80. The Morgan fingerprint density at radius 1 is 1.41 bits per heavy atom. The molecule has 1 aromatic rings. The van der Waals surface area contributed by atoms with Gasteiger partial charge < -0.3 is 10.4 Å². The summed E-state index contributed by atoms with van der Waals surface area (Å²) in [6.45, 7) is 1.73. The molecule has 0 heterocycles. The minimum absolute atomic E-state index is 0.211. The van der Waals surface area contributed by atoms with Gasteiger partial charge in [0.15, 0.2) is 0 Å². The Morgan fingerprint density at radius 2 is 2.06 bits per heavy atom. The number of benzene rings is 1. The van der Waals surface area contributed by atoms with Gasteiger partial charge >= 0.3 is 5.97 Å². The first-order chi connectivity index (χ1) is 8.04. The molecule has 0 aliphatic carbocycles. The molecule has 0 aliphatic heterocycles. The van der Waals surface area contributed by atoms with E-state index < -0.39 is 12.0 Å². The summed E-state index contributed by atoms with van der Waals surface area (Å²) < 4.78 is 1.00. The van der Waals surface area contributed by atoms with Crippen molar-refractivity contribution in [2.24, 2.45) is 0 Å². The van der Waals surface area contributed by atoms with E-state index in [0.29, 0.717) is 6.42 Å². The average molecular weight is 347 g/mol. The summed E-state index contributed by atoms with van der Waals surface area (Å²) in [4.78, 5) is 22.4. The minimum atomic E-state index is -0.997. The zero-order valence-electron chi connectivity index (χ0n) is 9.44. The fourth-order valence-electron chi connectivity index (χ4n) is 1.40. The van der Waals surface area contributed by atoms with E-state index in [4.69, 9.17) is 5.11 Å². The van der Waals surface area contributed by atoms with E-state index in [-0.39, 0.29) is 12.3 Å². The molecular formula is C12H14INO3. The number of hydrogen-bond donors (Lipinski definition) is 2.